The molecule has 0 bridgehead atoms. The number of hydrogen-bond acceptors (Lipinski definition) is 4. The van der Waals surface area contributed by atoms with Crippen molar-refractivity contribution >= 4 is 6.03 Å². The van der Waals surface area contributed by atoms with E-state index in [4.69, 9.17) is 5.11 Å². The predicted octanol–water partition coefficient (Wildman–Crippen LogP) is -0.424. The lowest BCUT2D eigenvalue weighted by molar-refractivity contribution is -0.534. The second kappa shape index (κ2) is 6.21. The summed E-state index contributed by atoms with van der Waals surface area (Å²) in [6, 6.07) is -1.96. The van der Waals surface area contributed by atoms with E-state index in [1.165, 1.54) is 26.0 Å². The Morgan fingerprint density at radius 2 is 2.00 bits per heavy atom. The number of hydrogen-bond donors (Lipinski definition) is 1. The largest absolute Gasteiger partial charge is 0.383 e. The third-order valence-corrected chi connectivity index (χ3v) is 2.04. The van der Waals surface area contributed by atoms with Crippen molar-refractivity contribution in [2.45, 2.75) is 12.1 Å². The van der Waals surface area contributed by atoms with E-state index in [9.17, 15) is 19.3 Å². The SMILES string of the molecule is CN(C)C(=O)N(C)CC(C(O)CF)[N+](=O)[O-]. The zero-order valence-corrected chi connectivity index (χ0v) is 9.46. The van der Waals surface area contributed by atoms with Gasteiger partial charge < -0.3 is 14.9 Å². The van der Waals surface area contributed by atoms with Crippen LogP contribution < -0.4 is 0 Å². The fourth-order valence-corrected chi connectivity index (χ4v) is 1.13. The van der Waals surface area contributed by atoms with Gasteiger partial charge in [-0.2, -0.15) is 0 Å². The number of likely N-dealkylation sites (N-methyl/N-ethyl adjacent to an activating group) is 1. The van der Waals surface area contributed by atoms with Gasteiger partial charge >= 0.3 is 6.03 Å². The summed E-state index contributed by atoms with van der Waals surface area (Å²) in [4.78, 5) is 23.4. The molecule has 0 aromatic carbocycles. The van der Waals surface area contributed by atoms with E-state index in [2.05, 4.69) is 0 Å². The molecule has 16 heavy (non-hydrogen) atoms. The summed E-state index contributed by atoms with van der Waals surface area (Å²) in [5, 5.41) is 19.6. The molecule has 0 aromatic rings. The molecule has 0 radical (unpaired) electrons. The van der Waals surface area contributed by atoms with Crippen molar-refractivity contribution in [3.8, 4) is 0 Å². The predicted molar refractivity (Wildman–Crippen MR) is 54.5 cm³/mol. The molecule has 1 N–H and O–H groups in total. The number of nitro groups is 1. The zero-order chi connectivity index (χ0) is 12.9. The van der Waals surface area contributed by atoms with Crippen LogP contribution in [0, 0.1) is 10.1 Å². The monoisotopic (exact) mass is 237 g/mol. The Labute approximate surface area is 92.6 Å². The minimum atomic E-state index is -1.70. The van der Waals surface area contributed by atoms with Crippen molar-refractivity contribution in [3.05, 3.63) is 10.1 Å². The smallest absolute Gasteiger partial charge is 0.319 e. The first-order valence-corrected chi connectivity index (χ1v) is 4.61. The van der Waals surface area contributed by atoms with Crippen LogP contribution >= 0.6 is 0 Å². The quantitative estimate of drug-likeness (QED) is 0.519. The molecular weight excluding hydrogens is 221 g/mol. The highest BCUT2D eigenvalue weighted by Gasteiger charge is 2.32. The van der Waals surface area contributed by atoms with Crippen LogP contribution in [0.4, 0.5) is 9.18 Å². The Morgan fingerprint density at radius 3 is 2.31 bits per heavy atom. The Balaban J connectivity index is 4.52. The molecular formula is C8H16FN3O4. The van der Waals surface area contributed by atoms with Gasteiger partial charge in [0.15, 0.2) is 6.10 Å². The molecule has 2 amide bonds. The zero-order valence-electron chi connectivity index (χ0n) is 9.46. The van der Waals surface area contributed by atoms with Crippen LogP contribution in [0.1, 0.15) is 0 Å². The normalized spacial score (nSPS) is 14.1. The summed E-state index contributed by atoms with van der Waals surface area (Å²) < 4.78 is 12.1. The molecule has 0 fully saturated rings. The number of aliphatic hydroxyl groups is 1. The molecule has 0 aliphatic rings. The number of urea groups is 1. The molecule has 0 aliphatic carbocycles. The van der Waals surface area contributed by atoms with Crippen LogP contribution in [-0.4, -0.2) is 72.4 Å². The van der Waals surface area contributed by atoms with Gasteiger partial charge in [-0.1, -0.05) is 0 Å². The summed E-state index contributed by atoms with van der Waals surface area (Å²) in [6.45, 7) is -1.55. The minimum absolute atomic E-state index is 0.338. The Bertz CT molecular complexity index is 262. The van der Waals surface area contributed by atoms with E-state index >= 15 is 0 Å². The Kier molecular flexibility index (Phi) is 5.65. The number of halogens is 1. The molecule has 8 heteroatoms. The topological polar surface area (TPSA) is 86.9 Å². The molecule has 94 valence electrons. The van der Waals surface area contributed by atoms with E-state index < -0.39 is 29.8 Å². The summed E-state index contributed by atoms with van der Waals surface area (Å²) in [7, 11) is 4.33. The average molecular weight is 237 g/mol. The number of carbonyl (C=O) groups excluding carboxylic acids is 1. The first kappa shape index (κ1) is 14.6. The maximum Gasteiger partial charge on any atom is 0.319 e. The van der Waals surface area contributed by atoms with Crippen LogP contribution in [0.5, 0.6) is 0 Å². The number of amides is 2. The van der Waals surface area contributed by atoms with Crippen LogP contribution in [0.25, 0.3) is 0 Å². The molecule has 0 rings (SSSR count). The molecule has 2 atom stereocenters. The standard InChI is InChI=1S/C8H16FN3O4/c1-10(2)8(14)11(3)5-6(12(15)16)7(13)4-9/h6-7,13H,4-5H2,1-3H3. The Morgan fingerprint density at radius 1 is 1.50 bits per heavy atom. The first-order valence-electron chi connectivity index (χ1n) is 4.61. The highest BCUT2D eigenvalue weighted by atomic mass is 19.1. The maximum absolute atomic E-state index is 12.1. The van der Waals surface area contributed by atoms with Crippen LogP contribution in [0.2, 0.25) is 0 Å². The van der Waals surface area contributed by atoms with Gasteiger partial charge in [-0.25, -0.2) is 9.18 Å². The lowest BCUT2D eigenvalue weighted by Crippen LogP contribution is -2.47. The number of rotatable bonds is 5. The van der Waals surface area contributed by atoms with Crippen LogP contribution in [0.3, 0.4) is 0 Å². The van der Waals surface area contributed by atoms with Gasteiger partial charge in [-0.15, -0.1) is 0 Å². The third kappa shape index (κ3) is 3.97. The van der Waals surface area contributed by atoms with E-state index in [0.717, 1.165) is 4.90 Å². The molecule has 0 saturated heterocycles. The van der Waals surface area contributed by atoms with E-state index in [-0.39, 0.29) is 6.54 Å². The molecule has 0 heterocycles. The fraction of sp³-hybridized carbons (Fsp3) is 0.875. The van der Waals surface area contributed by atoms with Gasteiger partial charge in [0.25, 0.3) is 6.04 Å². The lowest BCUT2D eigenvalue weighted by Gasteiger charge is -2.24. The Hall–Kier alpha value is -1.44. The van der Waals surface area contributed by atoms with Gasteiger partial charge in [-0.05, 0) is 0 Å². The molecule has 0 aromatic heterocycles. The van der Waals surface area contributed by atoms with Gasteiger partial charge in [0.1, 0.15) is 6.67 Å². The molecule has 7 nitrogen and oxygen atoms in total. The summed E-state index contributed by atoms with van der Waals surface area (Å²) in [5.41, 5.74) is 0. The fourth-order valence-electron chi connectivity index (χ4n) is 1.13. The summed E-state index contributed by atoms with van der Waals surface area (Å²) >= 11 is 0. The summed E-state index contributed by atoms with van der Waals surface area (Å²) in [5.74, 6) is 0. The minimum Gasteiger partial charge on any atom is -0.383 e. The van der Waals surface area contributed by atoms with Crippen molar-refractivity contribution in [1.82, 2.24) is 9.80 Å². The summed E-state index contributed by atoms with van der Waals surface area (Å²) in [6.07, 6.45) is -1.70. The number of alkyl halides is 1. The highest BCUT2D eigenvalue weighted by Crippen LogP contribution is 2.03. The van der Waals surface area contributed by atoms with Gasteiger partial charge in [-0.3, -0.25) is 10.1 Å². The molecule has 2 unspecified atom stereocenters. The van der Waals surface area contributed by atoms with Gasteiger partial charge in [0, 0.05) is 26.1 Å². The van der Waals surface area contributed by atoms with Crippen molar-refractivity contribution in [2.75, 3.05) is 34.4 Å². The van der Waals surface area contributed by atoms with E-state index in [1.54, 1.807) is 0 Å². The molecule has 0 aliphatic heterocycles. The molecule has 0 spiro atoms. The lowest BCUT2D eigenvalue weighted by atomic mass is 10.2. The van der Waals surface area contributed by atoms with E-state index in [0.29, 0.717) is 0 Å². The van der Waals surface area contributed by atoms with E-state index in [1.807, 2.05) is 0 Å². The maximum atomic E-state index is 12.1. The second-order valence-electron chi connectivity index (χ2n) is 3.63. The molecule has 0 saturated carbocycles. The van der Waals surface area contributed by atoms with Gasteiger partial charge in [0.05, 0.1) is 6.54 Å². The third-order valence-electron chi connectivity index (χ3n) is 2.04. The van der Waals surface area contributed by atoms with Crippen LogP contribution in [0.15, 0.2) is 0 Å². The van der Waals surface area contributed by atoms with Gasteiger partial charge in [0.2, 0.25) is 0 Å². The second-order valence-corrected chi connectivity index (χ2v) is 3.63. The van der Waals surface area contributed by atoms with Crippen molar-refractivity contribution in [3.63, 3.8) is 0 Å². The highest BCUT2D eigenvalue weighted by molar-refractivity contribution is 5.73. The number of nitrogens with zero attached hydrogens (tertiary/aromatic N) is 3. The number of aliphatic hydroxyl groups excluding tert-OH is 1. The van der Waals surface area contributed by atoms with Crippen LogP contribution in [-0.2, 0) is 0 Å². The van der Waals surface area contributed by atoms with Crippen molar-refractivity contribution < 1.29 is 19.2 Å². The number of carbonyl (C=O) groups is 1. The first-order chi connectivity index (χ1) is 7.31. The van der Waals surface area contributed by atoms with Crippen molar-refractivity contribution in [2.24, 2.45) is 0 Å². The average Bonchev–Trinajstić information content (AvgIpc) is 2.22. The van der Waals surface area contributed by atoms with Crippen molar-refractivity contribution in [1.29, 1.82) is 0 Å².